The summed E-state index contributed by atoms with van der Waals surface area (Å²) in [5.74, 6) is 1.11. The highest BCUT2D eigenvalue weighted by Gasteiger charge is 2.50. The third-order valence-electron chi connectivity index (χ3n) is 5.30. The van der Waals surface area contributed by atoms with Crippen LogP contribution < -0.4 is 9.64 Å². The Morgan fingerprint density at radius 3 is 2.69 bits per heavy atom. The first-order chi connectivity index (χ1) is 12.4. The van der Waals surface area contributed by atoms with E-state index in [-0.39, 0.29) is 0 Å². The number of piperidine rings is 1. The number of hydrogen-bond acceptors (Lipinski definition) is 7. The van der Waals surface area contributed by atoms with Crippen molar-refractivity contribution in [1.82, 2.24) is 24.2 Å². The van der Waals surface area contributed by atoms with E-state index >= 15 is 0 Å². The number of sulfonamides is 1. The van der Waals surface area contributed by atoms with Crippen LogP contribution in [0, 0.1) is 0 Å². The lowest BCUT2D eigenvalue weighted by Crippen LogP contribution is -2.58. The minimum atomic E-state index is -3.34. The predicted octanol–water partition coefficient (Wildman–Crippen LogP) is 0.522. The number of aromatic amines is 1. The monoisotopic (exact) mass is 378 g/mol. The molecule has 0 aromatic carbocycles. The van der Waals surface area contributed by atoms with Crippen molar-refractivity contribution < 1.29 is 13.2 Å². The molecule has 2 aliphatic heterocycles. The fourth-order valence-corrected chi connectivity index (χ4v) is 5.43. The number of hydrogen-bond donors (Lipinski definition) is 1. The van der Waals surface area contributed by atoms with E-state index in [0.29, 0.717) is 50.7 Å². The van der Waals surface area contributed by atoms with Gasteiger partial charge in [-0.1, -0.05) is 0 Å². The summed E-state index contributed by atoms with van der Waals surface area (Å²) in [7, 11) is -1.77. The summed E-state index contributed by atoms with van der Waals surface area (Å²) >= 11 is 0. The summed E-state index contributed by atoms with van der Waals surface area (Å²) in [6, 6.07) is 1.71. The van der Waals surface area contributed by atoms with Crippen molar-refractivity contribution in [2.45, 2.75) is 24.8 Å². The summed E-state index contributed by atoms with van der Waals surface area (Å²) in [5.41, 5.74) is 1.30. The molecule has 9 nitrogen and oxygen atoms in total. The van der Waals surface area contributed by atoms with Gasteiger partial charge in [-0.3, -0.25) is 0 Å². The van der Waals surface area contributed by atoms with Crippen LogP contribution in [0.15, 0.2) is 18.6 Å². The van der Waals surface area contributed by atoms with E-state index < -0.39 is 15.6 Å². The predicted molar refractivity (Wildman–Crippen MR) is 95.6 cm³/mol. The van der Waals surface area contributed by atoms with Gasteiger partial charge in [0.05, 0.1) is 30.9 Å². The van der Waals surface area contributed by atoms with Crippen LogP contribution in [0.1, 0.15) is 24.2 Å². The van der Waals surface area contributed by atoms with Crippen molar-refractivity contribution in [3.63, 3.8) is 0 Å². The Bertz CT molecular complexity index is 904. The highest BCUT2D eigenvalue weighted by atomic mass is 32.2. The van der Waals surface area contributed by atoms with E-state index in [1.165, 1.54) is 6.26 Å². The average molecular weight is 378 g/mol. The number of methoxy groups -OCH3 is 1. The maximum Gasteiger partial charge on any atom is 0.228 e. The molecule has 0 amide bonds. The lowest BCUT2D eigenvalue weighted by molar-refractivity contribution is 0.128. The number of rotatable bonds is 3. The highest BCUT2D eigenvalue weighted by molar-refractivity contribution is 7.88. The first-order valence-corrected chi connectivity index (χ1v) is 10.4. The van der Waals surface area contributed by atoms with Gasteiger partial charge in [-0.2, -0.15) is 9.29 Å². The Balaban J connectivity index is 1.65. The fourth-order valence-electron chi connectivity index (χ4n) is 4.10. The van der Waals surface area contributed by atoms with Crippen molar-refractivity contribution in [3.8, 4) is 5.88 Å². The summed E-state index contributed by atoms with van der Waals surface area (Å²) in [5, 5.41) is 0. The van der Waals surface area contributed by atoms with Crippen molar-refractivity contribution in [3.05, 3.63) is 30.0 Å². The second kappa shape index (κ2) is 6.20. The molecule has 0 atom stereocenters. The Labute approximate surface area is 152 Å². The molecule has 1 spiro atoms. The number of ether oxygens (including phenoxy) is 1. The van der Waals surface area contributed by atoms with Crippen LogP contribution in [-0.4, -0.2) is 65.7 Å². The topological polar surface area (TPSA) is 104 Å². The van der Waals surface area contributed by atoms with Crippen LogP contribution in [0.4, 0.5) is 5.95 Å². The van der Waals surface area contributed by atoms with Crippen LogP contribution in [0.5, 0.6) is 5.88 Å². The third kappa shape index (κ3) is 2.73. The minimum absolute atomic E-state index is 0.476. The van der Waals surface area contributed by atoms with Crippen LogP contribution in [0.3, 0.4) is 0 Å². The largest absolute Gasteiger partial charge is 0.481 e. The van der Waals surface area contributed by atoms with Crippen LogP contribution in [-0.2, 0) is 22.0 Å². The molecule has 4 heterocycles. The molecule has 0 radical (unpaired) electrons. The van der Waals surface area contributed by atoms with Crippen LogP contribution in [0.25, 0.3) is 0 Å². The summed E-state index contributed by atoms with van der Waals surface area (Å²) < 4.78 is 31.7. The van der Waals surface area contributed by atoms with Gasteiger partial charge in [-0.25, -0.2) is 18.4 Å². The minimum Gasteiger partial charge on any atom is -0.481 e. The third-order valence-corrected chi connectivity index (χ3v) is 6.63. The van der Waals surface area contributed by atoms with Crippen molar-refractivity contribution in [1.29, 1.82) is 0 Å². The number of nitrogens with zero attached hydrogens (tertiary/aromatic N) is 5. The lowest BCUT2D eigenvalue weighted by Gasteiger charge is -2.49. The maximum atomic E-state index is 12.5. The summed E-state index contributed by atoms with van der Waals surface area (Å²) in [4.78, 5) is 18.4. The zero-order valence-electron chi connectivity index (χ0n) is 14.8. The van der Waals surface area contributed by atoms with E-state index in [4.69, 9.17) is 4.74 Å². The van der Waals surface area contributed by atoms with Crippen LogP contribution >= 0.6 is 0 Å². The zero-order chi connectivity index (χ0) is 18.4. The summed E-state index contributed by atoms with van der Waals surface area (Å²) in [6.45, 7) is 1.76. The fraction of sp³-hybridized carbons (Fsp3) is 0.562. The average Bonchev–Trinajstić information content (AvgIpc) is 3.12. The van der Waals surface area contributed by atoms with E-state index in [0.717, 1.165) is 11.4 Å². The first kappa shape index (κ1) is 17.2. The summed E-state index contributed by atoms with van der Waals surface area (Å²) in [6.07, 6.45) is 6.55. The molecule has 2 aromatic rings. The van der Waals surface area contributed by atoms with Crippen molar-refractivity contribution >= 4 is 16.0 Å². The molecule has 0 saturated carbocycles. The second-order valence-electron chi connectivity index (χ2n) is 6.73. The highest BCUT2D eigenvalue weighted by Crippen LogP contribution is 2.43. The van der Waals surface area contributed by atoms with Gasteiger partial charge < -0.3 is 14.6 Å². The first-order valence-electron chi connectivity index (χ1n) is 8.56. The molecule has 140 valence electrons. The molecule has 0 aliphatic carbocycles. The zero-order valence-corrected chi connectivity index (χ0v) is 15.7. The van der Waals surface area contributed by atoms with E-state index in [9.17, 15) is 8.42 Å². The molecule has 0 bridgehead atoms. The number of aromatic nitrogens is 4. The number of imidazole rings is 1. The Morgan fingerprint density at radius 1 is 1.23 bits per heavy atom. The van der Waals surface area contributed by atoms with Gasteiger partial charge >= 0.3 is 0 Å². The van der Waals surface area contributed by atoms with Gasteiger partial charge in [0.15, 0.2) is 0 Å². The van der Waals surface area contributed by atoms with Gasteiger partial charge in [0, 0.05) is 44.0 Å². The smallest absolute Gasteiger partial charge is 0.228 e. The van der Waals surface area contributed by atoms with E-state index in [1.54, 1.807) is 30.0 Å². The second-order valence-corrected chi connectivity index (χ2v) is 8.64. The molecule has 0 unspecified atom stereocenters. The van der Waals surface area contributed by atoms with Gasteiger partial charge in [-0.15, -0.1) is 0 Å². The van der Waals surface area contributed by atoms with Gasteiger partial charge in [-0.05, 0) is 12.8 Å². The standard InChI is InChI=1S/C16H22N6O3S/c1-25-13-3-7-17-15(20-13)21-9-5-16(6-10-21)14-12(18-11-19-14)4-8-22(16)26(2,23)24/h3,7,11H,4-6,8-10H2,1-2H3,(H,18,19). The van der Waals surface area contributed by atoms with Gasteiger partial charge in [0.2, 0.25) is 21.9 Å². The molecular weight excluding hydrogens is 356 g/mol. The number of nitrogens with one attached hydrogen (secondary N) is 1. The maximum absolute atomic E-state index is 12.5. The molecule has 2 aromatic heterocycles. The number of fused-ring (bicyclic) bond motifs is 2. The molecule has 26 heavy (non-hydrogen) atoms. The molecular formula is C16H22N6O3S. The van der Waals surface area contributed by atoms with Gasteiger partial charge in [0.1, 0.15) is 0 Å². The Morgan fingerprint density at radius 2 is 2.00 bits per heavy atom. The van der Waals surface area contributed by atoms with E-state index in [2.05, 4.69) is 24.8 Å². The van der Waals surface area contributed by atoms with Gasteiger partial charge in [0.25, 0.3) is 0 Å². The van der Waals surface area contributed by atoms with Crippen molar-refractivity contribution in [2.24, 2.45) is 0 Å². The molecule has 2 aliphatic rings. The Hall–Kier alpha value is -2.20. The van der Waals surface area contributed by atoms with Crippen molar-refractivity contribution in [2.75, 3.05) is 37.9 Å². The SMILES string of the molecule is COc1ccnc(N2CCC3(CC2)c2nc[nH]c2CCN3S(C)(=O)=O)n1. The normalized spacial score (nSPS) is 20.2. The molecule has 10 heteroatoms. The molecule has 4 rings (SSSR count). The van der Waals surface area contributed by atoms with E-state index in [1.807, 2.05) is 0 Å². The Kier molecular flexibility index (Phi) is 4.11. The lowest BCUT2D eigenvalue weighted by atomic mass is 9.80. The number of H-pyrrole nitrogens is 1. The van der Waals surface area contributed by atoms with Crippen LogP contribution in [0.2, 0.25) is 0 Å². The molecule has 1 saturated heterocycles. The molecule has 1 fully saturated rings. The quantitative estimate of drug-likeness (QED) is 0.830. The molecule has 1 N–H and O–H groups in total. The number of anilines is 1.